The number of rotatable bonds is 10. The summed E-state index contributed by atoms with van der Waals surface area (Å²) in [5.41, 5.74) is 3.97. The van der Waals surface area contributed by atoms with E-state index in [9.17, 15) is 8.42 Å². The number of hydrogen-bond acceptors (Lipinski definition) is 4. The van der Waals surface area contributed by atoms with Crippen LogP contribution in [0.3, 0.4) is 0 Å². The third-order valence-corrected chi connectivity index (χ3v) is 10.4. The van der Waals surface area contributed by atoms with E-state index in [-0.39, 0.29) is 0 Å². The van der Waals surface area contributed by atoms with E-state index < -0.39 is 10.0 Å². The highest BCUT2D eigenvalue weighted by Crippen LogP contribution is 2.38. The quantitative estimate of drug-likeness (QED) is 0.299. The Bertz CT molecular complexity index is 1340. The summed E-state index contributed by atoms with van der Waals surface area (Å²) in [6.07, 6.45) is 7.40. The summed E-state index contributed by atoms with van der Waals surface area (Å²) >= 11 is 6.58. The normalized spacial score (nSPS) is 23.2. The minimum absolute atomic E-state index is 0.335. The number of ether oxygens (including phenoxy) is 1. The van der Waals surface area contributed by atoms with Gasteiger partial charge in [-0.3, -0.25) is 0 Å². The second-order valence-electron chi connectivity index (χ2n) is 11.1. The third kappa shape index (κ3) is 7.04. The molecule has 5 rings (SSSR count). The van der Waals surface area contributed by atoms with Crippen molar-refractivity contribution in [2.45, 2.75) is 61.8 Å². The van der Waals surface area contributed by atoms with Gasteiger partial charge in [-0.05, 0) is 110 Å². The zero-order valence-corrected chi connectivity index (χ0v) is 24.2. The highest BCUT2D eigenvalue weighted by molar-refractivity contribution is 7.89. The summed E-state index contributed by atoms with van der Waals surface area (Å²) < 4.78 is 33.5. The number of methoxy groups -OCH3 is 1. The van der Waals surface area contributed by atoms with E-state index in [1.807, 2.05) is 18.2 Å². The fourth-order valence-electron chi connectivity index (χ4n) is 6.28. The Hall–Kier alpha value is -2.38. The number of nitrogens with one attached hydrogen (secondary N) is 2. The maximum atomic E-state index is 12.6. The molecule has 3 aromatic carbocycles. The van der Waals surface area contributed by atoms with E-state index in [4.69, 9.17) is 16.3 Å². The molecule has 2 unspecified atom stereocenters. The summed E-state index contributed by atoms with van der Waals surface area (Å²) in [5.74, 6) is 2.28. The summed E-state index contributed by atoms with van der Waals surface area (Å²) in [7, 11) is -1.72. The maximum Gasteiger partial charge on any atom is 0.240 e. The fraction of sp³-hybridized carbons (Fsp3) is 0.438. The first-order valence-electron chi connectivity index (χ1n) is 14.1. The van der Waals surface area contributed by atoms with Gasteiger partial charge in [0.25, 0.3) is 0 Å². The third-order valence-electron chi connectivity index (χ3n) is 8.61. The van der Waals surface area contributed by atoms with Gasteiger partial charge < -0.3 is 10.1 Å². The van der Waals surface area contributed by atoms with Crippen LogP contribution in [-0.2, 0) is 22.9 Å². The topological polar surface area (TPSA) is 67.4 Å². The standard InChI is InChI=1S/C32H39ClN2O3S/c1-38-27-16-17-29-25(19-27)15-18-32(30(29)20-26-7-5-6-10-31(26)33)34-21-23-11-13-24(14-12-23)22-35-39(36,37)28-8-3-2-4-9-28/h2-10,16-17,19,23-24,30,32,34-35H,11-15,18,20-22H2,1H3. The molecular weight excluding hydrogens is 528 g/mol. The molecule has 2 aliphatic carbocycles. The van der Waals surface area contributed by atoms with Crippen LogP contribution in [0.15, 0.2) is 77.7 Å². The molecule has 0 spiro atoms. The molecule has 2 atom stereocenters. The number of benzene rings is 3. The van der Waals surface area contributed by atoms with Crippen LogP contribution < -0.4 is 14.8 Å². The Morgan fingerprint density at radius 2 is 1.56 bits per heavy atom. The van der Waals surface area contributed by atoms with E-state index in [1.165, 1.54) is 16.7 Å². The summed E-state index contributed by atoms with van der Waals surface area (Å²) in [4.78, 5) is 0.335. The van der Waals surface area contributed by atoms with Gasteiger partial charge in [-0.2, -0.15) is 0 Å². The Labute approximate surface area is 238 Å². The van der Waals surface area contributed by atoms with Crippen molar-refractivity contribution < 1.29 is 13.2 Å². The summed E-state index contributed by atoms with van der Waals surface area (Å²) in [6, 6.07) is 23.7. The molecular formula is C32H39ClN2O3S. The number of hydrogen-bond donors (Lipinski definition) is 2. The Morgan fingerprint density at radius 1 is 0.872 bits per heavy atom. The van der Waals surface area contributed by atoms with E-state index in [0.717, 1.165) is 62.3 Å². The van der Waals surface area contributed by atoms with Crippen LogP contribution in [0.2, 0.25) is 5.02 Å². The van der Waals surface area contributed by atoms with Crippen LogP contribution >= 0.6 is 11.6 Å². The lowest BCUT2D eigenvalue weighted by atomic mass is 9.75. The van der Waals surface area contributed by atoms with Gasteiger partial charge in [0.1, 0.15) is 5.75 Å². The van der Waals surface area contributed by atoms with Crippen LogP contribution in [0.25, 0.3) is 0 Å². The monoisotopic (exact) mass is 566 g/mol. The smallest absolute Gasteiger partial charge is 0.240 e. The predicted molar refractivity (Wildman–Crippen MR) is 158 cm³/mol. The molecule has 0 bridgehead atoms. The van der Waals surface area contributed by atoms with Crippen molar-refractivity contribution in [3.63, 3.8) is 0 Å². The Kier molecular flexibility index (Phi) is 9.28. The molecule has 208 valence electrons. The van der Waals surface area contributed by atoms with Crippen molar-refractivity contribution in [3.8, 4) is 5.75 Å². The first kappa shape index (κ1) is 28.2. The van der Waals surface area contributed by atoms with E-state index in [0.29, 0.717) is 35.2 Å². The van der Waals surface area contributed by atoms with Crippen molar-refractivity contribution >= 4 is 21.6 Å². The zero-order chi connectivity index (χ0) is 27.2. The molecule has 3 aromatic rings. The second-order valence-corrected chi connectivity index (χ2v) is 13.2. The number of sulfonamides is 1. The Morgan fingerprint density at radius 3 is 2.28 bits per heavy atom. The van der Waals surface area contributed by atoms with Crippen molar-refractivity contribution in [3.05, 3.63) is 94.5 Å². The largest absolute Gasteiger partial charge is 0.497 e. The molecule has 7 heteroatoms. The molecule has 0 aromatic heterocycles. The summed E-state index contributed by atoms with van der Waals surface area (Å²) in [6.45, 7) is 1.51. The minimum atomic E-state index is -3.44. The van der Waals surface area contributed by atoms with Crippen molar-refractivity contribution in [1.82, 2.24) is 10.0 Å². The lowest BCUT2D eigenvalue weighted by molar-refractivity contribution is 0.252. The lowest BCUT2D eigenvalue weighted by Crippen LogP contribution is -2.42. The second kappa shape index (κ2) is 12.9. The van der Waals surface area contributed by atoms with Crippen molar-refractivity contribution in [1.29, 1.82) is 0 Å². The first-order valence-corrected chi connectivity index (χ1v) is 16.0. The average molecular weight is 567 g/mol. The van der Waals surface area contributed by atoms with Crippen LogP contribution in [-0.4, -0.2) is 34.7 Å². The summed E-state index contributed by atoms with van der Waals surface area (Å²) in [5, 5.41) is 4.79. The number of halogens is 1. The molecule has 0 heterocycles. The van der Waals surface area contributed by atoms with E-state index in [2.05, 4.69) is 40.4 Å². The molecule has 2 N–H and O–H groups in total. The van der Waals surface area contributed by atoms with Gasteiger partial charge in [0.05, 0.1) is 12.0 Å². The van der Waals surface area contributed by atoms with Crippen LogP contribution in [0.4, 0.5) is 0 Å². The molecule has 0 saturated heterocycles. The SMILES string of the molecule is COc1ccc2c(c1)CCC(NCC1CCC(CNS(=O)(=O)c3ccccc3)CC1)C2Cc1ccccc1Cl. The van der Waals surface area contributed by atoms with Crippen LogP contribution in [0.5, 0.6) is 5.75 Å². The zero-order valence-electron chi connectivity index (χ0n) is 22.6. The van der Waals surface area contributed by atoms with Crippen LogP contribution in [0, 0.1) is 11.8 Å². The van der Waals surface area contributed by atoms with E-state index in [1.54, 1.807) is 31.4 Å². The fourth-order valence-corrected chi connectivity index (χ4v) is 7.63. The molecule has 0 radical (unpaired) electrons. The minimum Gasteiger partial charge on any atom is -0.497 e. The first-order chi connectivity index (χ1) is 18.9. The predicted octanol–water partition coefficient (Wildman–Crippen LogP) is 6.36. The number of fused-ring (bicyclic) bond motifs is 1. The molecule has 2 aliphatic rings. The van der Waals surface area contributed by atoms with Gasteiger partial charge in [-0.1, -0.05) is 54.1 Å². The van der Waals surface area contributed by atoms with Crippen molar-refractivity contribution in [2.24, 2.45) is 11.8 Å². The molecule has 39 heavy (non-hydrogen) atoms. The molecule has 0 aliphatic heterocycles. The lowest BCUT2D eigenvalue weighted by Gasteiger charge is -2.37. The molecule has 5 nitrogen and oxygen atoms in total. The average Bonchev–Trinajstić information content (AvgIpc) is 2.97. The maximum absolute atomic E-state index is 12.6. The molecule has 0 amide bonds. The van der Waals surface area contributed by atoms with Gasteiger partial charge >= 0.3 is 0 Å². The molecule has 1 saturated carbocycles. The van der Waals surface area contributed by atoms with Gasteiger partial charge in [0.15, 0.2) is 0 Å². The Balaban J connectivity index is 1.17. The highest BCUT2D eigenvalue weighted by atomic mass is 35.5. The van der Waals surface area contributed by atoms with Crippen LogP contribution in [0.1, 0.15) is 54.7 Å². The van der Waals surface area contributed by atoms with E-state index >= 15 is 0 Å². The number of aryl methyl sites for hydroxylation is 1. The van der Waals surface area contributed by atoms with Gasteiger partial charge in [-0.15, -0.1) is 0 Å². The molecule has 1 fully saturated rings. The van der Waals surface area contributed by atoms with Crippen molar-refractivity contribution in [2.75, 3.05) is 20.2 Å². The van der Waals surface area contributed by atoms with Gasteiger partial charge in [0.2, 0.25) is 10.0 Å². The highest BCUT2D eigenvalue weighted by Gasteiger charge is 2.31. The van der Waals surface area contributed by atoms with Gasteiger partial charge in [0, 0.05) is 23.5 Å². The van der Waals surface area contributed by atoms with Gasteiger partial charge in [-0.25, -0.2) is 13.1 Å².